The molecule has 128 valence electrons. The number of fused-ring (bicyclic) bond motifs is 1. The van der Waals surface area contributed by atoms with Crippen LogP contribution in [-0.2, 0) is 0 Å². The van der Waals surface area contributed by atoms with E-state index >= 15 is 0 Å². The van der Waals surface area contributed by atoms with Crippen LogP contribution in [0.1, 0.15) is 47.1 Å². The van der Waals surface area contributed by atoms with Gasteiger partial charge in [0.2, 0.25) is 5.78 Å². The number of hydrogen-bond donors (Lipinski definition) is 1. The summed E-state index contributed by atoms with van der Waals surface area (Å²) in [5, 5.41) is 0. The third kappa shape index (κ3) is 2.71. The van der Waals surface area contributed by atoms with Crippen molar-refractivity contribution in [1.29, 1.82) is 0 Å². The Kier molecular flexibility index (Phi) is 3.83. The van der Waals surface area contributed by atoms with Crippen LogP contribution in [-0.4, -0.2) is 36.7 Å². The van der Waals surface area contributed by atoms with Crippen LogP contribution in [0, 0.1) is 6.92 Å². The Bertz CT molecular complexity index is 990. The molecule has 1 N–H and O–H groups in total. The van der Waals surface area contributed by atoms with Gasteiger partial charge < -0.3 is 9.88 Å². The lowest BCUT2D eigenvalue weighted by molar-refractivity contribution is 0.0604. The first-order valence-electron chi connectivity index (χ1n) is 8.44. The second-order valence-corrected chi connectivity index (χ2v) is 6.33. The minimum atomic E-state index is -0.157. The first-order valence-corrected chi connectivity index (χ1v) is 8.44. The molecule has 0 aliphatic carbocycles. The number of H-pyrrole nitrogens is 1. The van der Waals surface area contributed by atoms with E-state index in [9.17, 15) is 9.59 Å². The Morgan fingerprint density at radius 3 is 3.00 bits per heavy atom. The van der Waals surface area contributed by atoms with Gasteiger partial charge >= 0.3 is 0 Å². The van der Waals surface area contributed by atoms with Gasteiger partial charge in [-0.15, -0.1) is 0 Å². The van der Waals surface area contributed by atoms with Gasteiger partial charge in [0, 0.05) is 42.6 Å². The van der Waals surface area contributed by atoms with Crippen LogP contribution < -0.4 is 5.56 Å². The summed E-state index contributed by atoms with van der Waals surface area (Å²) in [6, 6.07) is 4.99. The molecule has 0 unspecified atom stereocenters. The van der Waals surface area contributed by atoms with Gasteiger partial charge in [0.15, 0.2) is 0 Å². The van der Waals surface area contributed by atoms with Crippen LogP contribution in [0.25, 0.3) is 5.78 Å². The summed E-state index contributed by atoms with van der Waals surface area (Å²) < 4.78 is 1.46. The summed E-state index contributed by atoms with van der Waals surface area (Å²) >= 11 is 0. The lowest BCUT2D eigenvalue weighted by Gasteiger charge is -2.36. The molecule has 0 spiro atoms. The molecular formula is C18H19N5O2. The SMILES string of the molecule is Cc1ncccc1C(=O)N1CCCC[C@H]1c1cc(=O)n2ccnc2[nH]1. The number of amides is 1. The van der Waals surface area contributed by atoms with E-state index in [4.69, 9.17) is 0 Å². The lowest BCUT2D eigenvalue weighted by atomic mass is 9.97. The van der Waals surface area contributed by atoms with E-state index in [0.717, 1.165) is 25.0 Å². The third-order valence-corrected chi connectivity index (χ3v) is 4.77. The van der Waals surface area contributed by atoms with E-state index in [-0.39, 0.29) is 17.5 Å². The van der Waals surface area contributed by atoms with Crippen molar-refractivity contribution in [2.24, 2.45) is 0 Å². The van der Waals surface area contributed by atoms with E-state index < -0.39 is 0 Å². The van der Waals surface area contributed by atoms with Crippen molar-refractivity contribution >= 4 is 11.7 Å². The molecule has 0 radical (unpaired) electrons. The first kappa shape index (κ1) is 15.6. The predicted octanol–water partition coefficient (Wildman–Crippen LogP) is 2.09. The summed E-state index contributed by atoms with van der Waals surface area (Å²) in [6.07, 6.45) is 7.68. The number of pyridine rings is 1. The van der Waals surface area contributed by atoms with Crippen molar-refractivity contribution in [3.8, 4) is 0 Å². The van der Waals surface area contributed by atoms with Gasteiger partial charge in [-0.2, -0.15) is 0 Å². The quantitative estimate of drug-likeness (QED) is 0.776. The largest absolute Gasteiger partial charge is 0.330 e. The zero-order valence-corrected chi connectivity index (χ0v) is 14.0. The van der Waals surface area contributed by atoms with E-state index in [0.29, 0.717) is 23.6 Å². The summed E-state index contributed by atoms with van der Waals surface area (Å²) in [4.78, 5) is 38.8. The molecule has 0 aromatic carbocycles. The van der Waals surface area contributed by atoms with Gasteiger partial charge in [0.05, 0.1) is 11.6 Å². The number of nitrogens with one attached hydrogen (secondary N) is 1. The van der Waals surface area contributed by atoms with Gasteiger partial charge in [-0.3, -0.25) is 19.0 Å². The Balaban J connectivity index is 1.74. The topological polar surface area (TPSA) is 83.4 Å². The molecule has 0 bridgehead atoms. The fourth-order valence-corrected chi connectivity index (χ4v) is 3.48. The van der Waals surface area contributed by atoms with Crippen LogP contribution in [0.4, 0.5) is 0 Å². The number of hydrogen-bond acceptors (Lipinski definition) is 4. The molecule has 7 heteroatoms. The molecule has 1 amide bonds. The number of imidazole rings is 1. The summed E-state index contributed by atoms with van der Waals surface area (Å²) in [5.74, 6) is 0.456. The molecule has 7 nitrogen and oxygen atoms in total. The van der Waals surface area contributed by atoms with Crippen molar-refractivity contribution in [3.05, 3.63) is 64.1 Å². The van der Waals surface area contributed by atoms with Crippen molar-refractivity contribution < 1.29 is 4.79 Å². The normalized spacial score (nSPS) is 17.8. The predicted molar refractivity (Wildman–Crippen MR) is 92.4 cm³/mol. The molecule has 1 aliphatic heterocycles. The Labute approximate surface area is 144 Å². The molecule has 0 saturated carbocycles. The fraction of sp³-hybridized carbons (Fsp3) is 0.333. The number of likely N-dealkylation sites (tertiary alicyclic amines) is 1. The maximum atomic E-state index is 13.1. The van der Waals surface area contributed by atoms with Gasteiger partial charge in [-0.25, -0.2) is 4.98 Å². The highest BCUT2D eigenvalue weighted by atomic mass is 16.2. The van der Waals surface area contributed by atoms with Gasteiger partial charge in [0.25, 0.3) is 11.5 Å². The second-order valence-electron chi connectivity index (χ2n) is 6.33. The average Bonchev–Trinajstić information content (AvgIpc) is 3.11. The highest BCUT2D eigenvalue weighted by Gasteiger charge is 2.30. The van der Waals surface area contributed by atoms with Gasteiger partial charge in [0.1, 0.15) is 0 Å². The number of carbonyl (C=O) groups is 1. The molecule has 4 heterocycles. The molecule has 1 fully saturated rings. The van der Waals surface area contributed by atoms with Crippen LogP contribution in [0.15, 0.2) is 41.6 Å². The number of carbonyl (C=O) groups excluding carboxylic acids is 1. The van der Waals surface area contributed by atoms with Crippen molar-refractivity contribution in [2.45, 2.75) is 32.2 Å². The third-order valence-electron chi connectivity index (χ3n) is 4.77. The number of piperidine rings is 1. The number of rotatable bonds is 2. The van der Waals surface area contributed by atoms with E-state index in [1.165, 1.54) is 4.40 Å². The van der Waals surface area contributed by atoms with Crippen LogP contribution >= 0.6 is 0 Å². The zero-order valence-electron chi connectivity index (χ0n) is 14.0. The number of nitrogens with zero attached hydrogens (tertiary/aromatic N) is 4. The van der Waals surface area contributed by atoms with Crippen LogP contribution in [0.3, 0.4) is 0 Å². The summed E-state index contributed by atoms with van der Waals surface area (Å²) in [7, 11) is 0. The average molecular weight is 337 g/mol. The molecule has 25 heavy (non-hydrogen) atoms. The highest BCUT2D eigenvalue weighted by Crippen LogP contribution is 2.31. The highest BCUT2D eigenvalue weighted by molar-refractivity contribution is 5.95. The molecular weight excluding hydrogens is 318 g/mol. The van der Waals surface area contributed by atoms with Crippen LogP contribution in [0.2, 0.25) is 0 Å². The molecule has 3 aromatic rings. The summed E-state index contributed by atoms with van der Waals surface area (Å²) in [6.45, 7) is 2.50. The molecule has 1 aliphatic rings. The van der Waals surface area contributed by atoms with Crippen molar-refractivity contribution in [1.82, 2.24) is 24.3 Å². The minimum Gasteiger partial charge on any atom is -0.330 e. The smallest absolute Gasteiger partial charge is 0.259 e. The Morgan fingerprint density at radius 1 is 1.28 bits per heavy atom. The van der Waals surface area contributed by atoms with E-state index in [1.807, 2.05) is 11.8 Å². The number of aromatic amines is 1. The molecule has 4 rings (SSSR count). The van der Waals surface area contributed by atoms with Crippen molar-refractivity contribution in [3.63, 3.8) is 0 Å². The maximum Gasteiger partial charge on any atom is 0.259 e. The van der Waals surface area contributed by atoms with Gasteiger partial charge in [-0.05, 0) is 38.3 Å². The maximum absolute atomic E-state index is 13.1. The standard InChI is InChI=1S/C18H19N5O2/c1-12-13(5-4-7-19-12)17(25)22-9-3-2-6-15(22)14-11-16(24)23-10-8-20-18(23)21-14/h4-5,7-8,10-11,15H,2-3,6,9H2,1H3,(H,20,21)/t15-/m0/s1. The minimum absolute atomic E-state index is 0.0423. The lowest BCUT2D eigenvalue weighted by Crippen LogP contribution is -2.39. The zero-order chi connectivity index (χ0) is 17.4. The molecule has 1 saturated heterocycles. The fourth-order valence-electron chi connectivity index (χ4n) is 3.48. The molecule has 3 aromatic heterocycles. The first-order chi connectivity index (χ1) is 12.1. The number of aryl methyl sites for hydroxylation is 1. The monoisotopic (exact) mass is 337 g/mol. The number of aromatic nitrogens is 4. The Morgan fingerprint density at radius 2 is 2.16 bits per heavy atom. The van der Waals surface area contributed by atoms with Crippen molar-refractivity contribution in [2.75, 3.05) is 6.54 Å². The van der Waals surface area contributed by atoms with Gasteiger partial charge in [-0.1, -0.05) is 0 Å². The summed E-state index contributed by atoms with van der Waals surface area (Å²) in [5.41, 5.74) is 1.92. The Hall–Kier alpha value is -2.96. The second kappa shape index (κ2) is 6.16. The van der Waals surface area contributed by atoms with E-state index in [2.05, 4.69) is 15.0 Å². The molecule has 1 atom stereocenters. The van der Waals surface area contributed by atoms with Crippen LogP contribution in [0.5, 0.6) is 0 Å². The van der Waals surface area contributed by atoms with E-state index in [1.54, 1.807) is 36.8 Å².